The lowest BCUT2D eigenvalue weighted by atomic mass is 10.4. The zero-order valence-electron chi connectivity index (χ0n) is 5.45. The molecule has 0 heterocycles. The van der Waals surface area contributed by atoms with Gasteiger partial charge in [0.05, 0.1) is 18.9 Å². The van der Waals surface area contributed by atoms with E-state index in [4.69, 9.17) is 9.94 Å². The third-order valence-corrected chi connectivity index (χ3v) is 0.754. The van der Waals surface area contributed by atoms with E-state index in [-0.39, 0.29) is 6.10 Å². The fourth-order valence-corrected chi connectivity index (χ4v) is 0.357. The van der Waals surface area contributed by atoms with Gasteiger partial charge in [-0.2, -0.15) is 0 Å². The molecule has 0 fully saturated rings. The molecule has 0 aliphatic rings. The van der Waals surface area contributed by atoms with Crippen LogP contribution in [0.3, 0.4) is 0 Å². The summed E-state index contributed by atoms with van der Waals surface area (Å²) >= 11 is 0. The molecule has 0 rings (SSSR count). The van der Waals surface area contributed by atoms with E-state index >= 15 is 0 Å². The summed E-state index contributed by atoms with van der Waals surface area (Å²) < 4.78 is 5.00. The minimum absolute atomic E-state index is 0.145. The summed E-state index contributed by atoms with van der Waals surface area (Å²) in [5, 5.41) is 10.8. The summed E-state index contributed by atoms with van der Waals surface area (Å²) in [4.78, 5) is 0. The number of hydrogen-bond donors (Lipinski definition) is 1. The topological polar surface area (TPSA) is 41.8 Å². The van der Waals surface area contributed by atoms with Gasteiger partial charge in [0.1, 0.15) is 0 Å². The highest BCUT2D eigenvalue weighted by Crippen LogP contribution is 1.84. The molecule has 0 aliphatic heterocycles. The van der Waals surface area contributed by atoms with E-state index < -0.39 is 0 Å². The van der Waals surface area contributed by atoms with E-state index in [0.29, 0.717) is 6.61 Å². The van der Waals surface area contributed by atoms with Gasteiger partial charge < -0.3 is 9.94 Å². The molecular formula is C6H11NO2. The number of rotatable bonds is 4. The molecule has 0 aromatic heterocycles. The zero-order chi connectivity index (χ0) is 7.11. The predicted molar refractivity (Wildman–Crippen MR) is 35.9 cm³/mol. The molecule has 1 N–H and O–H groups in total. The molecule has 0 saturated carbocycles. The summed E-state index contributed by atoms with van der Waals surface area (Å²) in [5.41, 5.74) is 0. The Balaban J connectivity index is 3.25. The molecule has 0 aliphatic carbocycles. The van der Waals surface area contributed by atoms with Crippen LogP contribution in [0.15, 0.2) is 17.8 Å². The Morgan fingerprint density at radius 2 is 2.56 bits per heavy atom. The summed E-state index contributed by atoms with van der Waals surface area (Å²) in [5.74, 6) is 0. The molecule has 0 radical (unpaired) electrons. The van der Waals surface area contributed by atoms with Crippen molar-refractivity contribution >= 4 is 6.21 Å². The van der Waals surface area contributed by atoms with Crippen molar-refractivity contribution in [1.29, 1.82) is 0 Å². The molecule has 3 nitrogen and oxygen atoms in total. The SMILES string of the molecule is C=CCOC(C)/C=N/O. The molecule has 0 amide bonds. The number of oxime groups is 1. The smallest absolute Gasteiger partial charge is 0.0935 e. The molecule has 0 aromatic carbocycles. The van der Waals surface area contributed by atoms with E-state index in [9.17, 15) is 0 Å². The van der Waals surface area contributed by atoms with Gasteiger partial charge in [0, 0.05) is 0 Å². The molecular weight excluding hydrogens is 118 g/mol. The molecule has 1 unspecified atom stereocenters. The first-order chi connectivity index (χ1) is 4.31. The number of hydrogen-bond acceptors (Lipinski definition) is 3. The summed E-state index contributed by atoms with van der Waals surface area (Å²) in [7, 11) is 0. The van der Waals surface area contributed by atoms with Crippen LogP contribution in [-0.2, 0) is 4.74 Å². The van der Waals surface area contributed by atoms with Crippen LogP contribution in [0, 0.1) is 0 Å². The lowest BCUT2D eigenvalue weighted by Gasteiger charge is -2.02. The highest BCUT2D eigenvalue weighted by Gasteiger charge is 1.92. The normalized spacial score (nSPS) is 13.9. The Bertz CT molecular complexity index is 101. The minimum Gasteiger partial charge on any atom is -0.411 e. The van der Waals surface area contributed by atoms with E-state index in [1.165, 1.54) is 6.21 Å². The molecule has 3 heteroatoms. The Morgan fingerprint density at radius 1 is 1.89 bits per heavy atom. The van der Waals surface area contributed by atoms with Gasteiger partial charge in [0.2, 0.25) is 0 Å². The second kappa shape index (κ2) is 5.31. The number of nitrogens with zero attached hydrogens (tertiary/aromatic N) is 1. The van der Waals surface area contributed by atoms with Crippen molar-refractivity contribution < 1.29 is 9.94 Å². The maximum atomic E-state index is 8.00. The Kier molecular flexibility index (Phi) is 4.82. The Morgan fingerprint density at radius 3 is 3.00 bits per heavy atom. The molecule has 9 heavy (non-hydrogen) atoms. The zero-order valence-corrected chi connectivity index (χ0v) is 5.45. The van der Waals surface area contributed by atoms with Crippen molar-refractivity contribution in [3.05, 3.63) is 12.7 Å². The van der Waals surface area contributed by atoms with Crippen LogP contribution in [0.4, 0.5) is 0 Å². The Hall–Kier alpha value is -0.830. The van der Waals surface area contributed by atoms with Gasteiger partial charge in [-0.3, -0.25) is 0 Å². The van der Waals surface area contributed by atoms with Crippen LogP contribution < -0.4 is 0 Å². The van der Waals surface area contributed by atoms with Gasteiger partial charge in [-0.25, -0.2) is 0 Å². The van der Waals surface area contributed by atoms with Crippen molar-refractivity contribution in [3.8, 4) is 0 Å². The van der Waals surface area contributed by atoms with Gasteiger partial charge in [-0.15, -0.1) is 6.58 Å². The largest absolute Gasteiger partial charge is 0.411 e. The monoisotopic (exact) mass is 129 g/mol. The number of ether oxygens (including phenoxy) is 1. The molecule has 0 bridgehead atoms. The van der Waals surface area contributed by atoms with Crippen LogP contribution in [0.1, 0.15) is 6.92 Å². The highest BCUT2D eigenvalue weighted by atomic mass is 16.5. The maximum absolute atomic E-state index is 8.00. The van der Waals surface area contributed by atoms with Gasteiger partial charge in [-0.1, -0.05) is 11.2 Å². The average Bonchev–Trinajstić information content (AvgIpc) is 1.85. The maximum Gasteiger partial charge on any atom is 0.0935 e. The third-order valence-electron chi connectivity index (χ3n) is 0.754. The van der Waals surface area contributed by atoms with Gasteiger partial charge in [0.25, 0.3) is 0 Å². The Labute approximate surface area is 54.6 Å². The second-order valence-electron chi connectivity index (χ2n) is 1.59. The van der Waals surface area contributed by atoms with E-state index in [1.807, 2.05) is 0 Å². The fourth-order valence-electron chi connectivity index (χ4n) is 0.357. The predicted octanol–water partition coefficient (Wildman–Crippen LogP) is 1.04. The lowest BCUT2D eigenvalue weighted by Crippen LogP contribution is -2.08. The van der Waals surface area contributed by atoms with E-state index in [0.717, 1.165) is 0 Å². The first-order valence-corrected chi connectivity index (χ1v) is 2.71. The van der Waals surface area contributed by atoms with Crippen molar-refractivity contribution in [1.82, 2.24) is 0 Å². The van der Waals surface area contributed by atoms with Crippen molar-refractivity contribution in [2.75, 3.05) is 6.61 Å². The van der Waals surface area contributed by atoms with Crippen LogP contribution in [-0.4, -0.2) is 24.1 Å². The highest BCUT2D eigenvalue weighted by molar-refractivity contribution is 5.61. The fraction of sp³-hybridized carbons (Fsp3) is 0.500. The standard InChI is InChI=1S/C6H11NO2/c1-3-4-9-6(2)5-7-8/h3,5-6,8H,1,4H2,2H3/b7-5+. The van der Waals surface area contributed by atoms with E-state index in [2.05, 4.69) is 11.7 Å². The molecule has 1 atom stereocenters. The molecule has 52 valence electrons. The third kappa shape index (κ3) is 5.03. The first-order valence-electron chi connectivity index (χ1n) is 2.71. The second-order valence-corrected chi connectivity index (χ2v) is 1.59. The summed E-state index contributed by atoms with van der Waals surface area (Å²) in [6, 6.07) is 0. The minimum atomic E-state index is -0.145. The molecule has 0 spiro atoms. The van der Waals surface area contributed by atoms with Gasteiger partial charge >= 0.3 is 0 Å². The quantitative estimate of drug-likeness (QED) is 0.266. The first kappa shape index (κ1) is 8.17. The van der Waals surface area contributed by atoms with Crippen LogP contribution in [0.2, 0.25) is 0 Å². The summed E-state index contributed by atoms with van der Waals surface area (Å²) in [6.45, 7) is 5.72. The average molecular weight is 129 g/mol. The molecule has 0 aromatic rings. The lowest BCUT2D eigenvalue weighted by molar-refractivity contribution is 0.137. The summed E-state index contributed by atoms with van der Waals surface area (Å²) in [6.07, 6.45) is 2.80. The van der Waals surface area contributed by atoms with Gasteiger partial charge in [0.15, 0.2) is 0 Å². The molecule has 0 saturated heterocycles. The van der Waals surface area contributed by atoms with Crippen LogP contribution in [0.5, 0.6) is 0 Å². The van der Waals surface area contributed by atoms with E-state index in [1.54, 1.807) is 13.0 Å². The van der Waals surface area contributed by atoms with Gasteiger partial charge in [-0.05, 0) is 6.92 Å². The van der Waals surface area contributed by atoms with Crippen LogP contribution >= 0.6 is 0 Å². The van der Waals surface area contributed by atoms with Crippen LogP contribution in [0.25, 0.3) is 0 Å². The van der Waals surface area contributed by atoms with Crippen molar-refractivity contribution in [2.45, 2.75) is 13.0 Å². The van der Waals surface area contributed by atoms with Crippen molar-refractivity contribution in [3.63, 3.8) is 0 Å². The van der Waals surface area contributed by atoms with Crippen molar-refractivity contribution in [2.24, 2.45) is 5.16 Å².